The molecular weight excluding hydrogens is 290 g/mol. The van der Waals surface area contributed by atoms with Gasteiger partial charge in [0, 0.05) is 26.2 Å². The van der Waals surface area contributed by atoms with Crippen molar-refractivity contribution in [3.05, 3.63) is 35.4 Å². The normalized spacial score (nSPS) is 19.6. The second-order valence-electron chi connectivity index (χ2n) is 6.10. The highest BCUT2D eigenvalue weighted by Crippen LogP contribution is 2.08. The first-order valence-electron chi connectivity index (χ1n) is 8.39. The van der Waals surface area contributed by atoms with Gasteiger partial charge in [0.15, 0.2) is 5.96 Å². The van der Waals surface area contributed by atoms with Gasteiger partial charge in [0.05, 0.1) is 19.3 Å². The Bertz CT molecular complexity index is 482. The van der Waals surface area contributed by atoms with Crippen molar-refractivity contribution in [1.29, 1.82) is 0 Å². The van der Waals surface area contributed by atoms with E-state index in [4.69, 9.17) is 9.47 Å². The predicted molar refractivity (Wildman–Crippen MR) is 94.0 cm³/mol. The summed E-state index contributed by atoms with van der Waals surface area (Å²) in [6.07, 6.45) is 2.22. The standard InChI is InChI=1S/C18H29N3O2/c1-14-4-6-16(7-5-14)8-10-20-18(19-3)21-15(2)12-23-17-9-11-22-13-17/h4-7,15,17H,8-13H2,1-3H3,(H2,19,20,21). The van der Waals surface area contributed by atoms with E-state index >= 15 is 0 Å². The van der Waals surface area contributed by atoms with Crippen molar-refractivity contribution < 1.29 is 9.47 Å². The lowest BCUT2D eigenvalue weighted by Gasteiger charge is -2.19. The second-order valence-corrected chi connectivity index (χ2v) is 6.10. The van der Waals surface area contributed by atoms with E-state index in [0.717, 1.165) is 38.6 Å². The van der Waals surface area contributed by atoms with Crippen molar-refractivity contribution in [3.8, 4) is 0 Å². The lowest BCUT2D eigenvalue weighted by molar-refractivity contribution is 0.0347. The maximum atomic E-state index is 5.82. The summed E-state index contributed by atoms with van der Waals surface area (Å²) in [7, 11) is 1.79. The minimum atomic E-state index is 0.209. The van der Waals surface area contributed by atoms with Crippen molar-refractivity contribution in [1.82, 2.24) is 10.6 Å². The number of aryl methyl sites for hydroxylation is 1. The molecule has 1 aliphatic rings. The first kappa shape index (κ1) is 17.8. The molecule has 23 heavy (non-hydrogen) atoms. The third-order valence-electron chi connectivity index (χ3n) is 3.90. The summed E-state index contributed by atoms with van der Waals surface area (Å²) in [6.45, 7) is 7.25. The largest absolute Gasteiger partial charge is 0.379 e. The molecule has 0 radical (unpaired) electrons. The van der Waals surface area contributed by atoms with E-state index in [2.05, 4.69) is 53.7 Å². The van der Waals surface area contributed by atoms with Crippen LogP contribution in [0.2, 0.25) is 0 Å². The maximum absolute atomic E-state index is 5.82. The Morgan fingerprint density at radius 2 is 2.17 bits per heavy atom. The number of ether oxygens (including phenoxy) is 2. The zero-order valence-electron chi connectivity index (χ0n) is 14.5. The van der Waals surface area contributed by atoms with Gasteiger partial charge in [-0.25, -0.2) is 0 Å². The molecule has 0 saturated carbocycles. The Labute approximate surface area is 139 Å². The van der Waals surface area contributed by atoms with Crippen LogP contribution in [-0.2, 0) is 15.9 Å². The average Bonchev–Trinajstić information content (AvgIpc) is 3.07. The molecule has 1 aromatic carbocycles. The van der Waals surface area contributed by atoms with E-state index in [9.17, 15) is 0 Å². The van der Waals surface area contributed by atoms with Crippen molar-refractivity contribution in [3.63, 3.8) is 0 Å². The van der Waals surface area contributed by atoms with Crippen LogP contribution in [0.15, 0.2) is 29.3 Å². The highest BCUT2D eigenvalue weighted by molar-refractivity contribution is 5.79. The number of aliphatic imine (C=N–C) groups is 1. The van der Waals surface area contributed by atoms with Crippen molar-refractivity contribution in [2.24, 2.45) is 4.99 Å². The Hall–Kier alpha value is -1.59. The molecule has 1 heterocycles. The molecule has 1 saturated heterocycles. The topological polar surface area (TPSA) is 54.9 Å². The molecule has 0 amide bonds. The molecule has 5 nitrogen and oxygen atoms in total. The van der Waals surface area contributed by atoms with Crippen LogP contribution in [0.25, 0.3) is 0 Å². The van der Waals surface area contributed by atoms with Gasteiger partial charge in [0.2, 0.25) is 0 Å². The van der Waals surface area contributed by atoms with Crippen LogP contribution in [0.4, 0.5) is 0 Å². The minimum Gasteiger partial charge on any atom is -0.379 e. The zero-order chi connectivity index (χ0) is 16.5. The summed E-state index contributed by atoms with van der Waals surface area (Å²) in [4.78, 5) is 4.27. The summed E-state index contributed by atoms with van der Waals surface area (Å²) in [5, 5.41) is 6.71. The van der Waals surface area contributed by atoms with Crippen LogP contribution in [0.3, 0.4) is 0 Å². The maximum Gasteiger partial charge on any atom is 0.191 e. The fourth-order valence-corrected chi connectivity index (χ4v) is 2.47. The molecule has 2 atom stereocenters. The Balaban J connectivity index is 1.64. The lowest BCUT2D eigenvalue weighted by Crippen LogP contribution is -2.45. The SMILES string of the molecule is CN=C(NCCc1ccc(C)cc1)NC(C)COC1CCOC1. The van der Waals surface area contributed by atoms with Crippen LogP contribution in [0, 0.1) is 6.92 Å². The second kappa shape index (κ2) is 9.53. The monoisotopic (exact) mass is 319 g/mol. The van der Waals surface area contributed by atoms with Crippen molar-refractivity contribution in [2.75, 3.05) is 33.4 Å². The highest BCUT2D eigenvalue weighted by atomic mass is 16.5. The summed E-state index contributed by atoms with van der Waals surface area (Å²) in [6, 6.07) is 8.85. The van der Waals surface area contributed by atoms with Crippen LogP contribution in [0.5, 0.6) is 0 Å². The van der Waals surface area contributed by atoms with Gasteiger partial charge in [-0.2, -0.15) is 0 Å². The van der Waals surface area contributed by atoms with Crippen LogP contribution < -0.4 is 10.6 Å². The zero-order valence-corrected chi connectivity index (χ0v) is 14.5. The van der Waals surface area contributed by atoms with Gasteiger partial charge < -0.3 is 20.1 Å². The Kier molecular flexibility index (Phi) is 7.36. The number of benzene rings is 1. The molecule has 0 aliphatic carbocycles. The molecule has 2 N–H and O–H groups in total. The van der Waals surface area contributed by atoms with E-state index in [1.165, 1.54) is 11.1 Å². The van der Waals surface area contributed by atoms with Crippen LogP contribution in [0.1, 0.15) is 24.5 Å². The molecular formula is C18H29N3O2. The van der Waals surface area contributed by atoms with E-state index < -0.39 is 0 Å². The molecule has 1 aromatic rings. The third-order valence-corrected chi connectivity index (χ3v) is 3.90. The van der Waals surface area contributed by atoms with Crippen LogP contribution in [-0.4, -0.2) is 51.5 Å². The molecule has 2 rings (SSSR count). The highest BCUT2D eigenvalue weighted by Gasteiger charge is 2.17. The van der Waals surface area contributed by atoms with E-state index in [0.29, 0.717) is 6.61 Å². The smallest absolute Gasteiger partial charge is 0.191 e. The molecule has 1 fully saturated rings. The molecule has 1 aliphatic heterocycles. The fraction of sp³-hybridized carbons (Fsp3) is 0.611. The minimum absolute atomic E-state index is 0.209. The Morgan fingerprint density at radius 3 is 2.83 bits per heavy atom. The van der Waals surface area contributed by atoms with Gasteiger partial charge in [0.1, 0.15) is 0 Å². The summed E-state index contributed by atoms with van der Waals surface area (Å²) in [5.74, 6) is 0.816. The number of hydrogen-bond acceptors (Lipinski definition) is 3. The number of hydrogen-bond donors (Lipinski definition) is 2. The Morgan fingerprint density at radius 1 is 1.39 bits per heavy atom. The summed E-state index contributed by atoms with van der Waals surface area (Å²) >= 11 is 0. The molecule has 0 spiro atoms. The molecule has 2 unspecified atom stereocenters. The van der Waals surface area contributed by atoms with Gasteiger partial charge in [-0.3, -0.25) is 4.99 Å². The van der Waals surface area contributed by atoms with Gasteiger partial charge in [-0.1, -0.05) is 29.8 Å². The van der Waals surface area contributed by atoms with Gasteiger partial charge in [-0.05, 0) is 32.3 Å². The summed E-state index contributed by atoms with van der Waals surface area (Å²) in [5.41, 5.74) is 2.62. The fourth-order valence-electron chi connectivity index (χ4n) is 2.47. The molecule has 0 aromatic heterocycles. The van der Waals surface area contributed by atoms with Crippen molar-refractivity contribution in [2.45, 2.75) is 38.8 Å². The van der Waals surface area contributed by atoms with E-state index in [-0.39, 0.29) is 12.1 Å². The molecule has 0 bridgehead atoms. The quantitative estimate of drug-likeness (QED) is 0.595. The molecule has 128 valence electrons. The van der Waals surface area contributed by atoms with Gasteiger partial charge in [0.25, 0.3) is 0 Å². The average molecular weight is 319 g/mol. The van der Waals surface area contributed by atoms with Gasteiger partial charge >= 0.3 is 0 Å². The number of guanidine groups is 1. The third kappa shape index (κ3) is 6.59. The van der Waals surface area contributed by atoms with Crippen molar-refractivity contribution >= 4 is 5.96 Å². The van der Waals surface area contributed by atoms with E-state index in [1.807, 2.05) is 0 Å². The first-order chi connectivity index (χ1) is 11.2. The van der Waals surface area contributed by atoms with Crippen LogP contribution >= 0.6 is 0 Å². The number of nitrogens with one attached hydrogen (secondary N) is 2. The van der Waals surface area contributed by atoms with Gasteiger partial charge in [-0.15, -0.1) is 0 Å². The van der Waals surface area contributed by atoms with E-state index in [1.54, 1.807) is 7.05 Å². The number of nitrogens with zero attached hydrogens (tertiary/aromatic N) is 1. The summed E-state index contributed by atoms with van der Waals surface area (Å²) < 4.78 is 11.1. The predicted octanol–water partition coefficient (Wildman–Crippen LogP) is 1.90. The lowest BCUT2D eigenvalue weighted by atomic mass is 10.1. The first-order valence-corrected chi connectivity index (χ1v) is 8.39. The number of rotatable bonds is 7. The molecule has 5 heteroatoms.